The molecule has 0 spiro atoms. The number of nitriles is 1. The lowest BCUT2D eigenvalue weighted by Crippen LogP contribution is -2.56. The molecule has 2 aromatic carbocycles. The summed E-state index contributed by atoms with van der Waals surface area (Å²) in [6.07, 6.45) is 2.19. The van der Waals surface area contributed by atoms with E-state index < -0.39 is 11.7 Å². The fourth-order valence-electron chi connectivity index (χ4n) is 5.26. The van der Waals surface area contributed by atoms with Gasteiger partial charge in [0.1, 0.15) is 11.4 Å². The van der Waals surface area contributed by atoms with Crippen molar-refractivity contribution in [2.45, 2.75) is 63.1 Å². The number of rotatable bonds is 4. The third-order valence-corrected chi connectivity index (χ3v) is 7.87. The zero-order valence-corrected chi connectivity index (χ0v) is 24.2. The van der Waals surface area contributed by atoms with E-state index in [1.54, 1.807) is 4.90 Å². The molecule has 1 aromatic heterocycles. The molecule has 1 amide bonds. The fourth-order valence-corrected chi connectivity index (χ4v) is 5.93. The van der Waals surface area contributed by atoms with Crippen molar-refractivity contribution in [3.05, 3.63) is 58.2 Å². The second kappa shape index (κ2) is 11.2. The first-order valence-electron chi connectivity index (χ1n) is 13.0. The maximum Gasteiger partial charge on any atom is 0.410 e. The normalized spacial score (nSPS) is 19.5. The van der Waals surface area contributed by atoms with Crippen LogP contribution < -0.4 is 4.90 Å². The molecule has 39 heavy (non-hydrogen) atoms. The van der Waals surface area contributed by atoms with Gasteiger partial charge >= 0.3 is 6.09 Å². The molecule has 0 aliphatic carbocycles. The Morgan fingerprint density at radius 3 is 2.72 bits per heavy atom. The van der Waals surface area contributed by atoms with E-state index in [4.69, 9.17) is 31.0 Å². The monoisotopic (exact) mass is 565 g/mol. The molecule has 1 saturated heterocycles. The minimum atomic E-state index is -0.605. The summed E-state index contributed by atoms with van der Waals surface area (Å²) in [6.45, 7) is 7.38. The van der Waals surface area contributed by atoms with Gasteiger partial charge in [0.25, 0.3) is 0 Å². The van der Waals surface area contributed by atoms with E-state index in [0.29, 0.717) is 42.8 Å². The number of carbonyl (C=O) groups excluding carboxylic acids is 1. The van der Waals surface area contributed by atoms with Crippen LogP contribution in [0.3, 0.4) is 0 Å². The molecular formula is C29H32ClN5O3S. The third-order valence-electron chi connectivity index (χ3n) is 7.01. The number of piperazine rings is 1. The van der Waals surface area contributed by atoms with E-state index in [-0.39, 0.29) is 18.6 Å². The van der Waals surface area contributed by atoms with Gasteiger partial charge in [-0.05, 0) is 44.0 Å². The molecule has 0 N–H and O–H groups in total. The van der Waals surface area contributed by atoms with Crippen LogP contribution in [0.4, 0.5) is 10.6 Å². The molecule has 2 aliphatic rings. The highest BCUT2D eigenvalue weighted by molar-refractivity contribution is 7.98. The maximum absolute atomic E-state index is 12.9. The molecule has 0 unspecified atom stereocenters. The number of benzene rings is 2. The van der Waals surface area contributed by atoms with Crippen molar-refractivity contribution in [3.63, 3.8) is 0 Å². The van der Waals surface area contributed by atoms with Gasteiger partial charge in [-0.2, -0.15) is 5.26 Å². The van der Waals surface area contributed by atoms with Gasteiger partial charge in [0.15, 0.2) is 5.16 Å². The lowest BCUT2D eigenvalue weighted by atomic mass is 9.94. The maximum atomic E-state index is 12.9. The number of hydrogen-bond acceptors (Lipinski definition) is 8. The molecule has 204 valence electrons. The van der Waals surface area contributed by atoms with Crippen molar-refractivity contribution in [1.82, 2.24) is 14.9 Å². The number of nitrogens with zero attached hydrogens (tertiary/aromatic N) is 5. The number of anilines is 1. The molecule has 2 aliphatic heterocycles. The molecule has 3 heterocycles. The number of halogens is 1. The topological polar surface area (TPSA) is 91.6 Å². The Bertz CT molecular complexity index is 1430. The summed E-state index contributed by atoms with van der Waals surface area (Å²) in [7, 11) is 0. The highest BCUT2D eigenvalue weighted by atomic mass is 35.5. The van der Waals surface area contributed by atoms with Crippen LogP contribution in [0.5, 0.6) is 0 Å². The van der Waals surface area contributed by atoms with Crippen molar-refractivity contribution in [2.24, 2.45) is 0 Å². The smallest absolute Gasteiger partial charge is 0.410 e. The number of amides is 1. The molecule has 5 rings (SSSR count). The molecule has 0 radical (unpaired) electrons. The van der Waals surface area contributed by atoms with Crippen molar-refractivity contribution in [1.29, 1.82) is 5.26 Å². The highest BCUT2D eigenvalue weighted by Gasteiger charge is 2.36. The van der Waals surface area contributed by atoms with Crippen molar-refractivity contribution in [2.75, 3.05) is 30.8 Å². The summed E-state index contributed by atoms with van der Waals surface area (Å²) in [4.78, 5) is 26.5. The number of ether oxygens (including phenoxy) is 2. The van der Waals surface area contributed by atoms with Gasteiger partial charge in [0.05, 0.1) is 36.9 Å². The van der Waals surface area contributed by atoms with Gasteiger partial charge in [-0.25, -0.2) is 14.8 Å². The molecule has 10 heteroatoms. The molecule has 2 atom stereocenters. The number of aromatic nitrogens is 2. The van der Waals surface area contributed by atoms with E-state index in [9.17, 15) is 10.1 Å². The van der Waals surface area contributed by atoms with Crippen LogP contribution in [-0.2, 0) is 22.5 Å². The highest BCUT2D eigenvalue weighted by Crippen LogP contribution is 2.39. The first kappa shape index (κ1) is 27.5. The number of fused-ring (bicyclic) bond motifs is 2. The van der Waals surface area contributed by atoms with Crippen molar-refractivity contribution < 1.29 is 14.3 Å². The summed E-state index contributed by atoms with van der Waals surface area (Å²) in [5, 5.41) is 13.0. The molecule has 8 nitrogen and oxygen atoms in total. The van der Waals surface area contributed by atoms with Crippen molar-refractivity contribution >= 4 is 46.0 Å². The standard InChI is InChI=1S/C29H32ClN5O3S/c1-29(2,3)38-28(36)35-14-13-34(16-19(35)11-12-31)26-21-17-37-24(15-23(21)32-27(33-26)39-4)20-9-5-7-18-8-6-10-22(30)25(18)20/h5-10,19,24H,11,13-17H2,1-4H3/t19-,24-/m0/s1. The SMILES string of the molecule is CSc1nc2c(c(N3CCN(C(=O)OC(C)(C)C)[C@@H](CC#N)C3)n1)CO[C@H](c1cccc3cccc(Cl)c13)C2. The van der Waals surface area contributed by atoms with E-state index in [1.807, 2.05) is 45.2 Å². The quantitative estimate of drug-likeness (QED) is 0.274. The summed E-state index contributed by atoms with van der Waals surface area (Å²) >= 11 is 8.11. The number of thioether (sulfide) groups is 1. The van der Waals surface area contributed by atoms with Gasteiger partial charge < -0.3 is 19.3 Å². The Balaban J connectivity index is 1.44. The van der Waals surface area contributed by atoms with Crippen LogP contribution in [0.2, 0.25) is 5.02 Å². The summed E-state index contributed by atoms with van der Waals surface area (Å²) in [5.41, 5.74) is 2.36. The predicted molar refractivity (Wildman–Crippen MR) is 153 cm³/mol. The summed E-state index contributed by atoms with van der Waals surface area (Å²) in [5.74, 6) is 0.811. The Morgan fingerprint density at radius 2 is 2.00 bits per heavy atom. The zero-order chi connectivity index (χ0) is 27.7. The Hall–Kier alpha value is -3.06. The third kappa shape index (κ3) is 5.79. The lowest BCUT2D eigenvalue weighted by molar-refractivity contribution is 0.0140. The lowest BCUT2D eigenvalue weighted by Gasteiger charge is -2.42. The van der Waals surface area contributed by atoms with Crippen LogP contribution in [0.25, 0.3) is 10.8 Å². The average Bonchev–Trinajstić information content (AvgIpc) is 2.91. The summed E-state index contributed by atoms with van der Waals surface area (Å²) in [6, 6.07) is 14.0. The van der Waals surface area contributed by atoms with Crippen LogP contribution in [0.1, 0.15) is 50.1 Å². The van der Waals surface area contributed by atoms with Gasteiger partial charge in [0.2, 0.25) is 0 Å². The first-order valence-corrected chi connectivity index (χ1v) is 14.6. The largest absolute Gasteiger partial charge is 0.444 e. The average molecular weight is 566 g/mol. The summed E-state index contributed by atoms with van der Waals surface area (Å²) < 4.78 is 12.1. The molecular weight excluding hydrogens is 534 g/mol. The second-order valence-electron chi connectivity index (χ2n) is 10.8. The Kier molecular flexibility index (Phi) is 7.90. The minimum Gasteiger partial charge on any atom is -0.444 e. The Labute approximate surface area is 238 Å². The molecule has 3 aromatic rings. The van der Waals surface area contributed by atoms with Crippen LogP contribution in [0.15, 0.2) is 41.6 Å². The van der Waals surface area contributed by atoms with Gasteiger partial charge in [0, 0.05) is 42.0 Å². The van der Waals surface area contributed by atoms with Crippen LogP contribution >= 0.6 is 23.4 Å². The first-order chi connectivity index (χ1) is 18.7. The second-order valence-corrected chi connectivity index (χ2v) is 12.0. The van der Waals surface area contributed by atoms with Crippen LogP contribution in [-0.4, -0.2) is 58.5 Å². The minimum absolute atomic E-state index is 0.186. The molecule has 1 fully saturated rings. The molecule has 0 bridgehead atoms. The molecule has 0 saturated carbocycles. The van der Waals surface area contributed by atoms with Gasteiger partial charge in [-0.3, -0.25) is 0 Å². The Morgan fingerprint density at radius 1 is 1.23 bits per heavy atom. The fraction of sp³-hybridized carbons (Fsp3) is 0.448. The van der Waals surface area contributed by atoms with E-state index in [0.717, 1.165) is 33.4 Å². The van der Waals surface area contributed by atoms with E-state index in [1.165, 1.54) is 11.8 Å². The van der Waals surface area contributed by atoms with Gasteiger partial charge in [-0.1, -0.05) is 53.7 Å². The number of hydrogen-bond donors (Lipinski definition) is 0. The van der Waals surface area contributed by atoms with E-state index in [2.05, 4.69) is 29.2 Å². The zero-order valence-electron chi connectivity index (χ0n) is 22.6. The van der Waals surface area contributed by atoms with Crippen LogP contribution in [0, 0.1) is 11.3 Å². The predicted octanol–water partition coefficient (Wildman–Crippen LogP) is 6.16. The number of carbonyl (C=O) groups is 1. The van der Waals surface area contributed by atoms with E-state index >= 15 is 0 Å². The van der Waals surface area contributed by atoms with Crippen molar-refractivity contribution in [3.8, 4) is 6.07 Å². The van der Waals surface area contributed by atoms with Gasteiger partial charge in [-0.15, -0.1) is 0 Å².